The van der Waals surface area contributed by atoms with E-state index in [0.29, 0.717) is 10.1 Å². The van der Waals surface area contributed by atoms with E-state index in [-0.39, 0.29) is 17.8 Å². The van der Waals surface area contributed by atoms with Crippen LogP contribution in [-0.2, 0) is 0 Å². The average Bonchev–Trinajstić information content (AvgIpc) is 3.35. The molecule has 1 aliphatic heterocycles. The second-order valence-corrected chi connectivity index (χ2v) is 9.31. The van der Waals surface area contributed by atoms with Gasteiger partial charge in [0.05, 0.1) is 30.6 Å². The van der Waals surface area contributed by atoms with Gasteiger partial charge in [-0.25, -0.2) is 0 Å². The third-order valence-electron chi connectivity index (χ3n) is 6.40. The molecule has 4 aromatic rings. The van der Waals surface area contributed by atoms with Crippen LogP contribution in [0.2, 0.25) is 5.02 Å². The summed E-state index contributed by atoms with van der Waals surface area (Å²) in [7, 11) is 1.66. The van der Waals surface area contributed by atoms with Crippen molar-refractivity contribution in [2.45, 2.75) is 25.9 Å². The summed E-state index contributed by atoms with van der Waals surface area (Å²) in [6.45, 7) is 4.16. The molecule has 0 saturated carbocycles. The summed E-state index contributed by atoms with van der Waals surface area (Å²) in [6, 6.07) is 20.4. The van der Waals surface area contributed by atoms with Gasteiger partial charge in [0, 0.05) is 28.3 Å². The van der Waals surface area contributed by atoms with Crippen molar-refractivity contribution in [3.8, 4) is 17.2 Å². The lowest BCUT2D eigenvalue weighted by Gasteiger charge is -2.28. The number of nitrogens with zero attached hydrogens (tertiary/aromatic N) is 3. The maximum absolute atomic E-state index is 9.86. The number of ether oxygens (including phenoxy) is 1. The summed E-state index contributed by atoms with van der Waals surface area (Å²) >= 11 is 12.2. The first-order chi connectivity index (χ1) is 16.9. The highest BCUT2D eigenvalue weighted by Crippen LogP contribution is 2.44. The van der Waals surface area contributed by atoms with Crippen LogP contribution < -0.4 is 15.0 Å². The Morgan fingerprint density at radius 1 is 1.06 bits per heavy atom. The molecule has 3 heterocycles. The largest absolute Gasteiger partial charge is 0.508 e. The number of methoxy groups -OCH3 is 1. The van der Waals surface area contributed by atoms with Crippen molar-refractivity contribution in [2.75, 3.05) is 12.0 Å². The molecule has 2 aromatic carbocycles. The lowest BCUT2D eigenvalue weighted by atomic mass is 9.96. The Morgan fingerprint density at radius 3 is 2.51 bits per heavy atom. The van der Waals surface area contributed by atoms with E-state index in [1.165, 1.54) is 0 Å². The van der Waals surface area contributed by atoms with E-state index >= 15 is 0 Å². The van der Waals surface area contributed by atoms with Gasteiger partial charge in [0.15, 0.2) is 5.11 Å². The fraction of sp³-hybridized carbons (Fsp3) is 0.185. The minimum Gasteiger partial charge on any atom is -0.508 e. The van der Waals surface area contributed by atoms with Crippen LogP contribution in [0.1, 0.15) is 34.7 Å². The number of halogens is 1. The van der Waals surface area contributed by atoms with Gasteiger partial charge in [-0.15, -0.1) is 0 Å². The van der Waals surface area contributed by atoms with Crippen LogP contribution in [0.15, 0.2) is 72.9 Å². The molecule has 35 heavy (non-hydrogen) atoms. The number of phenols is 1. The van der Waals surface area contributed by atoms with Crippen LogP contribution in [0.3, 0.4) is 0 Å². The molecule has 0 unspecified atom stereocenters. The maximum atomic E-state index is 9.86. The summed E-state index contributed by atoms with van der Waals surface area (Å²) < 4.78 is 7.81. The van der Waals surface area contributed by atoms with Crippen LogP contribution in [0.25, 0.3) is 5.69 Å². The van der Waals surface area contributed by atoms with Crippen molar-refractivity contribution in [1.82, 2.24) is 14.9 Å². The van der Waals surface area contributed by atoms with Crippen LogP contribution in [0.4, 0.5) is 5.69 Å². The van der Waals surface area contributed by atoms with Gasteiger partial charge in [0.1, 0.15) is 11.5 Å². The second-order valence-electron chi connectivity index (χ2n) is 8.49. The van der Waals surface area contributed by atoms with Crippen LogP contribution in [0, 0.1) is 13.8 Å². The van der Waals surface area contributed by atoms with Gasteiger partial charge in [-0.2, -0.15) is 0 Å². The van der Waals surface area contributed by atoms with Gasteiger partial charge in [-0.05, 0) is 92.3 Å². The van der Waals surface area contributed by atoms with Crippen molar-refractivity contribution in [1.29, 1.82) is 0 Å². The molecule has 2 aromatic heterocycles. The van der Waals surface area contributed by atoms with Gasteiger partial charge in [-0.1, -0.05) is 17.7 Å². The average molecular weight is 505 g/mol. The first kappa shape index (κ1) is 23.2. The van der Waals surface area contributed by atoms with Crippen molar-refractivity contribution < 1.29 is 9.84 Å². The van der Waals surface area contributed by atoms with Crippen molar-refractivity contribution in [3.05, 3.63) is 101 Å². The molecule has 0 bridgehead atoms. The first-order valence-electron chi connectivity index (χ1n) is 11.2. The highest BCUT2D eigenvalue weighted by molar-refractivity contribution is 7.80. The topological polar surface area (TPSA) is 62.5 Å². The zero-order valence-corrected chi connectivity index (χ0v) is 21.1. The zero-order chi connectivity index (χ0) is 24.7. The molecule has 1 saturated heterocycles. The zero-order valence-electron chi connectivity index (χ0n) is 19.6. The summed E-state index contributed by atoms with van der Waals surface area (Å²) in [5.74, 6) is 0.940. The Bertz CT molecular complexity index is 1390. The van der Waals surface area contributed by atoms with Crippen molar-refractivity contribution in [3.63, 3.8) is 0 Å². The number of benzene rings is 2. The monoisotopic (exact) mass is 504 g/mol. The summed E-state index contributed by atoms with van der Waals surface area (Å²) in [6.07, 6.45) is 1.79. The number of aryl methyl sites for hydroxylation is 1. The van der Waals surface area contributed by atoms with Crippen molar-refractivity contribution in [2.24, 2.45) is 0 Å². The quantitative estimate of drug-likeness (QED) is 0.323. The predicted octanol–water partition coefficient (Wildman–Crippen LogP) is 6.03. The summed E-state index contributed by atoms with van der Waals surface area (Å²) in [5, 5.41) is 14.6. The molecule has 2 N–H and O–H groups in total. The Hall–Kier alpha value is -3.55. The normalized spacial score (nSPS) is 17.5. The number of hydrogen-bond acceptors (Lipinski definition) is 4. The number of rotatable bonds is 5. The number of aromatic hydroxyl groups is 1. The Kier molecular flexibility index (Phi) is 6.13. The SMILES string of the molecule is COc1ccc(Cl)cc1-n1c(C)cc([C@@H]2[C@@H](c3ccccn3)NC(=S)N2c2ccc(O)cc2)c1C. The number of aromatic nitrogens is 2. The fourth-order valence-electron chi connectivity index (χ4n) is 4.86. The van der Waals surface area contributed by atoms with Gasteiger partial charge in [0.25, 0.3) is 0 Å². The Balaban J connectivity index is 1.70. The molecule has 0 aliphatic carbocycles. The van der Waals surface area contributed by atoms with Crippen LogP contribution in [0.5, 0.6) is 11.5 Å². The van der Waals surface area contributed by atoms with Gasteiger partial charge < -0.3 is 24.6 Å². The molecule has 0 amide bonds. The lowest BCUT2D eigenvalue weighted by Crippen LogP contribution is -2.29. The number of phenolic OH excluding ortho intramolecular Hbond substituents is 1. The summed E-state index contributed by atoms with van der Waals surface area (Å²) in [4.78, 5) is 6.73. The molecule has 6 nitrogen and oxygen atoms in total. The fourth-order valence-corrected chi connectivity index (χ4v) is 5.37. The van der Waals surface area contributed by atoms with E-state index < -0.39 is 0 Å². The van der Waals surface area contributed by atoms with Gasteiger partial charge in [0.2, 0.25) is 0 Å². The smallest absolute Gasteiger partial charge is 0.174 e. The van der Waals surface area contributed by atoms with Crippen molar-refractivity contribution >= 4 is 34.6 Å². The molecule has 0 radical (unpaired) electrons. The van der Waals surface area contributed by atoms with E-state index in [2.05, 4.69) is 39.7 Å². The lowest BCUT2D eigenvalue weighted by molar-refractivity contribution is 0.412. The number of nitrogens with one attached hydrogen (secondary N) is 1. The highest BCUT2D eigenvalue weighted by atomic mass is 35.5. The molecular formula is C27H25ClN4O2S. The molecule has 1 aliphatic rings. The molecule has 5 rings (SSSR count). The molecule has 0 spiro atoms. The standard InChI is InChI=1S/C27H25ClN4O2S/c1-16-14-21(17(2)31(16)23-15-18(28)7-12-24(23)34-3)26-25(22-6-4-5-13-29-22)30-27(35)32(26)19-8-10-20(33)11-9-19/h4-15,25-26,33H,1-3H3,(H,30,35)/t25-,26-/m1/s1. The third kappa shape index (κ3) is 4.11. The van der Waals surface area contributed by atoms with E-state index in [1.54, 1.807) is 25.4 Å². The minimum absolute atomic E-state index is 0.173. The number of thiocarbonyl (C=S) groups is 1. The number of anilines is 1. The van der Waals surface area contributed by atoms with Gasteiger partial charge in [-0.3, -0.25) is 4.98 Å². The van der Waals surface area contributed by atoms with E-state index in [1.807, 2.05) is 48.5 Å². The molecule has 8 heteroatoms. The third-order valence-corrected chi connectivity index (χ3v) is 6.95. The maximum Gasteiger partial charge on any atom is 0.174 e. The predicted molar refractivity (Wildman–Crippen MR) is 143 cm³/mol. The molecule has 1 fully saturated rings. The molecular weight excluding hydrogens is 480 g/mol. The Labute approximate surface area is 214 Å². The summed E-state index contributed by atoms with van der Waals surface area (Å²) in [5.41, 5.74) is 5.84. The van der Waals surface area contributed by atoms with E-state index in [0.717, 1.165) is 39.8 Å². The van der Waals surface area contributed by atoms with E-state index in [9.17, 15) is 5.11 Å². The van der Waals surface area contributed by atoms with Gasteiger partial charge >= 0.3 is 0 Å². The molecule has 2 atom stereocenters. The van der Waals surface area contributed by atoms with E-state index in [4.69, 9.17) is 28.6 Å². The highest BCUT2D eigenvalue weighted by Gasteiger charge is 2.42. The number of pyridine rings is 1. The molecule has 178 valence electrons. The number of hydrogen-bond donors (Lipinski definition) is 2. The van der Waals surface area contributed by atoms with Crippen LogP contribution >= 0.6 is 23.8 Å². The Morgan fingerprint density at radius 2 is 1.83 bits per heavy atom. The van der Waals surface area contributed by atoms with Crippen LogP contribution in [-0.4, -0.2) is 26.9 Å². The minimum atomic E-state index is -0.174. The first-order valence-corrected chi connectivity index (χ1v) is 12.0. The second kappa shape index (κ2) is 9.24.